The van der Waals surface area contributed by atoms with E-state index in [0.29, 0.717) is 50.0 Å². The van der Waals surface area contributed by atoms with Crippen LogP contribution in [-0.2, 0) is 16.6 Å². The van der Waals surface area contributed by atoms with E-state index in [2.05, 4.69) is 34.7 Å². The third-order valence-electron chi connectivity index (χ3n) is 7.77. The van der Waals surface area contributed by atoms with Crippen LogP contribution < -0.4 is 5.32 Å². The zero-order valence-corrected chi connectivity index (χ0v) is 21.3. The third-order valence-corrected chi connectivity index (χ3v) is 9.92. The summed E-state index contributed by atoms with van der Waals surface area (Å²) in [6.07, 6.45) is 7.33. The Labute approximate surface area is 208 Å². The van der Waals surface area contributed by atoms with Crippen molar-refractivity contribution in [2.45, 2.75) is 76.3 Å². The fraction of sp³-hybridized carbons (Fsp3) is 0.615. The summed E-state index contributed by atoms with van der Waals surface area (Å²) in [5.41, 5.74) is 1.66. The Kier molecular flexibility index (Phi) is 7.27. The summed E-state index contributed by atoms with van der Waals surface area (Å²) < 4.78 is 35.4. The summed E-state index contributed by atoms with van der Waals surface area (Å²) in [5.74, 6) is 1.52. The predicted octanol–water partition coefficient (Wildman–Crippen LogP) is 3.72. The van der Waals surface area contributed by atoms with Gasteiger partial charge in [0.05, 0.1) is 0 Å². The van der Waals surface area contributed by atoms with E-state index in [4.69, 9.17) is 4.52 Å². The van der Waals surface area contributed by atoms with Crippen molar-refractivity contribution in [3.05, 3.63) is 53.4 Å². The van der Waals surface area contributed by atoms with E-state index < -0.39 is 10.2 Å². The second-order valence-electron chi connectivity index (χ2n) is 10.4. The van der Waals surface area contributed by atoms with Gasteiger partial charge in [0.1, 0.15) is 5.76 Å². The number of carbonyl (C=O) groups excluding carboxylic acids is 1. The van der Waals surface area contributed by atoms with E-state index in [0.717, 1.165) is 44.3 Å². The molecule has 9 heteroatoms. The molecule has 2 aromatic rings. The Bertz CT molecular complexity index is 1110. The zero-order chi connectivity index (χ0) is 24.4. The molecule has 35 heavy (non-hydrogen) atoms. The maximum Gasteiger partial charge on any atom is 0.282 e. The van der Waals surface area contributed by atoms with Crippen LogP contribution in [0, 0.1) is 5.92 Å². The first-order valence-electron chi connectivity index (χ1n) is 13.0. The van der Waals surface area contributed by atoms with Crippen LogP contribution in [0.15, 0.2) is 40.9 Å². The number of benzene rings is 1. The van der Waals surface area contributed by atoms with Gasteiger partial charge >= 0.3 is 0 Å². The molecule has 0 unspecified atom stereocenters. The third kappa shape index (κ3) is 5.78. The van der Waals surface area contributed by atoms with Gasteiger partial charge in [-0.15, -0.1) is 0 Å². The van der Waals surface area contributed by atoms with Crippen LogP contribution in [0.3, 0.4) is 0 Å². The second-order valence-corrected chi connectivity index (χ2v) is 12.3. The van der Waals surface area contributed by atoms with E-state index in [1.165, 1.54) is 5.56 Å². The van der Waals surface area contributed by atoms with Crippen molar-refractivity contribution >= 4 is 16.1 Å². The van der Waals surface area contributed by atoms with Crippen LogP contribution in [0.25, 0.3) is 0 Å². The molecule has 5 rings (SSSR count). The molecule has 1 N–H and O–H groups in total. The Morgan fingerprint density at radius 3 is 2.51 bits per heavy atom. The van der Waals surface area contributed by atoms with Gasteiger partial charge in [0.15, 0.2) is 5.69 Å². The molecule has 1 aromatic heterocycles. The summed E-state index contributed by atoms with van der Waals surface area (Å²) >= 11 is 0. The first-order chi connectivity index (χ1) is 16.9. The zero-order valence-electron chi connectivity index (χ0n) is 20.4. The quantitative estimate of drug-likeness (QED) is 0.596. The fourth-order valence-electron chi connectivity index (χ4n) is 5.43. The Morgan fingerprint density at radius 2 is 1.83 bits per heavy atom. The lowest BCUT2D eigenvalue weighted by molar-refractivity contribution is 0.0903. The van der Waals surface area contributed by atoms with Crippen LogP contribution in [-0.4, -0.2) is 59.8 Å². The Balaban J connectivity index is 1.09. The van der Waals surface area contributed by atoms with Gasteiger partial charge < -0.3 is 9.84 Å². The molecule has 190 valence electrons. The van der Waals surface area contributed by atoms with Gasteiger partial charge in [0.25, 0.3) is 16.1 Å². The molecule has 2 saturated heterocycles. The predicted molar refractivity (Wildman–Crippen MR) is 133 cm³/mol. The van der Waals surface area contributed by atoms with E-state index in [1.807, 2.05) is 13.0 Å². The number of piperidine rings is 2. The van der Waals surface area contributed by atoms with Crippen molar-refractivity contribution in [1.82, 2.24) is 19.1 Å². The molecule has 3 aliphatic rings. The van der Waals surface area contributed by atoms with Crippen molar-refractivity contribution in [3.8, 4) is 0 Å². The second kappa shape index (κ2) is 10.4. The van der Waals surface area contributed by atoms with Gasteiger partial charge in [-0.25, -0.2) is 0 Å². The molecule has 3 heterocycles. The minimum Gasteiger partial charge on any atom is -0.360 e. The number of carbonyl (C=O) groups is 1. The van der Waals surface area contributed by atoms with Crippen molar-refractivity contribution < 1.29 is 17.7 Å². The minimum atomic E-state index is -3.50. The number of aryl methyl sites for hydroxylation is 1. The molecule has 8 nitrogen and oxygen atoms in total. The standard InChI is InChI=1S/C26H36N4O4S/c1-19-17-23(27-26(31)24-18-25(34-28-24)22-9-10-22)13-16-30(19)35(32,33)29-14-11-21(12-15-29)8-7-20-5-3-2-4-6-20/h2-6,18-19,21-23H,7-17H2,1H3,(H,27,31)/t19-,23-/m0/s1. The van der Waals surface area contributed by atoms with E-state index in [1.54, 1.807) is 14.7 Å². The van der Waals surface area contributed by atoms with Crippen LogP contribution in [0.5, 0.6) is 0 Å². The fourth-order valence-corrected chi connectivity index (χ4v) is 7.28. The number of nitrogens with zero attached hydrogens (tertiary/aromatic N) is 3. The maximum atomic E-state index is 13.4. The lowest BCUT2D eigenvalue weighted by Crippen LogP contribution is -2.55. The molecule has 2 atom stereocenters. The normalized spacial score (nSPS) is 24.9. The number of amides is 1. The van der Waals surface area contributed by atoms with Crippen molar-refractivity contribution in [2.24, 2.45) is 5.92 Å². The Hall–Kier alpha value is -2.23. The number of nitrogens with one attached hydrogen (secondary N) is 1. The highest BCUT2D eigenvalue weighted by atomic mass is 32.2. The van der Waals surface area contributed by atoms with Crippen molar-refractivity contribution in [1.29, 1.82) is 0 Å². The summed E-state index contributed by atoms with van der Waals surface area (Å²) in [6.45, 7) is 3.51. The van der Waals surface area contributed by atoms with Crippen molar-refractivity contribution in [3.63, 3.8) is 0 Å². The van der Waals surface area contributed by atoms with E-state index >= 15 is 0 Å². The van der Waals surface area contributed by atoms with Gasteiger partial charge in [-0.2, -0.15) is 17.0 Å². The molecule has 2 aliphatic heterocycles. The van der Waals surface area contributed by atoms with Gasteiger partial charge in [0.2, 0.25) is 0 Å². The number of aromatic nitrogens is 1. The molecule has 1 aliphatic carbocycles. The maximum absolute atomic E-state index is 13.4. The van der Waals surface area contributed by atoms with Crippen LogP contribution >= 0.6 is 0 Å². The summed E-state index contributed by atoms with van der Waals surface area (Å²) in [5, 5.41) is 6.94. The molecule has 1 aromatic carbocycles. The number of hydrogen-bond donors (Lipinski definition) is 1. The van der Waals surface area contributed by atoms with Gasteiger partial charge in [-0.05, 0) is 69.8 Å². The monoisotopic (exact) mass is 500 g/mol. The van der Waals surface area contributed by atoms with Gasteiger partial charge in [-0.3, -0.25) is 4.79 Å². The lowest BCUT2D eigenvalue weighted by Gasteiger charge is -2.41. The first-order valence-corrected chi connectivity index (χ1v) is 14.4. The van der Waals surface area contributed by atoms with Gasteiger partial charge in [-0.1, -0.05) is 35.5 Å². The molecular weight excluding hydrogens is 464 g/mol. The molecule has 3 fully saturated rings. The molecule has 0 radical (unpaired) electrons. The number of hydrogen-bond acceptors (Lipinski definition) is 5. The van der Waals surface area contributed by atoms with E-state index in [9.17, 15) is 13.2 Å². The summed E-state index contributed by atoms with van der Waals surface area (Å²) in [6, 6.07) is 12.0. The summed E-state index contributed by atoms with van der Waals surface area (Å²) in [4.78, 5) is 12.6. The summed E-state index contributed by atoms with van der Waals surface area (Å²) in [7, 11) is -3.50. The van der Waals surface area contributed by atoms with Crippen LogP contribution in [0.2, 0.25) is 0 Å². The smallest absolute Gasteiger partial charge is 0.282 e. The average Bonchev–Trinajstić information content (AvgIpc) is 3.59. The number of rotatable bonds is 8. The topological polar surface area (TPSA) is 95.7 Å². The Morgan fingerprint density at radius 1 is 1.09 bits per heavy atom. The molecule has 1 saturated carbocycles. The molecular formula is C26H36N4O4S. The van der Waals surface area contributed by atoms with E-state index in [-0.39, 0.29) is 18.0 Å². The average molecular weight is 501 g/mol. The largest absolute Gasteiger partial charge is 0.360 e. The lowest BCUT2D eigenvalue weighted by atomic mass is 9.91. The van der Waals surface area contributed by atoms with Crippen LogP contribution in [0.1, 0.15) is 79.6 Å². The molecule has 0 bridgehead atoms. The van der Waals surface area contributed by atoms with Crippen LogP contribution in [0.4, 0.5) is 0 Å². The van der Waals surface area contributed by atoms with Gasteiger partial charge in [0, 0.05) is 43.7 Å². The highest BCUT2D eigenvalue weighted by Gasteiger charge is 2.39. The van der Waals surface area contributed by atoms with Crippen molar-refractivity contribution in [2.75, 3.05) is 19.6 Å². The molecule has 1 amide bonds. The highest BCUT2D eigenvalue weighted by molar-refractivity contribution is 7.86. The first kappa shape index (κ1) is 24.5. The SMILES string of the molecule is C[C@H]1C[C@@H](NC(=O)c2cc(C3CC3)on2)CCN1S(=O)(=O)N1CCC(CCc2ccccc2)CC1. The molecule has 0 spiro atoms. The minimum absolute atomic E-state index is 0.0752. The highest BCUT2D eigenvalue weighted by Crippen LogP contribution is 2.40.